The van der Waals surface area contributed by atoms with Crippen molar-refractivity contribution in [2.45, 2.75) is 38.4 Å². The molecular formula is C13H14F2O2. The summed E-state index contributed by atoms with van der Waals surface area (Å²) < 4.78 is 34.7. The van der Waals surface area contributed by atoms with Gasteiger partial charge in [0.15, 0.2) is 11.5 Å². The van der Waals surface area contributed by atoms with E-state index in [9.17, 15) is 8.78 Å². The first-order valence-corrected chi connectivity index (χ1v) is 5.83. The molecular weight excluding hydrogens is 226 g/mol. The minimum Gasteiger partial charge on any atom is -0.395 e. The summed E-state index contributed by atoms with van der Waals surface area (Å²) in [5.41, 5.74) is 1.23. The van der Waals surface area contributed by atoms with Crippen LogP contribution < -0.4 is 9.47 Å². The van der Waals surface area contributed by atoms with Crippen LogP contribution in [0.1, 0.15) is 32.3 Å². The lowest BCUT2D eigenvalue weighted by Crippen LogP contribution is -2.25. The molecule has 1 saturated carbocycles. The zero-order valence-electron chi connectivity index (χ0n) is 9.80. The van der Waals surface area contributed by atoms with Crippen molar-refractivity contribution in [1.29, 1.82) is 0 Å². The second-order valence-corrected chi connectivity index (χ2v) is 5.14. The number of alkyl halides is 2. The Kier molecular flexibility index (Phi) is 1.98. The SMILES string of the molecule is CC(C)C1(c2ccc3c(c2)OC(F)(F)O3)CC1. The lowest BCUT2D eigenvalue weighted by molar-refractivity contribution is -0.286. The molecule has 2 aliphatic rings. The van der Waals surface area contributed by atoms with E-state index in [-0.39, 0.29) is 16.9 Å². The molecule has 1 aliphatic carbocycles. The summed E-state index contributed by atoms with van der Waals surface area (Å²) in [6, 6.07) is 5.15. The van der Waals surface area contributed by atoms with Crippen molar-refractivity contribution in [1.82, 2.24) is 0 Å². The third kappa shape index (κ3) is 1.58. The second-order valence-electron chi connectivity index (χ2n) is 5.14. The first kappa shape index (κ1) is 10.8. The standard InChI is InChI=1S/C13H14F2O2/c1-8(2)12(5-6-12)9-3-4-10-11(7-9)17-13(14,15)16-10/h3-4,7-8H,5-6H2,1-2H3. The summed E-state index contributed by atoms with van der Waals surface area (Å²) >= 11 is 0. The molecule has 0 saturated heterocycles. The smallest absolute Gasteiger partial charge is 0.395 e. The van der Waals surface area contributed by atoms with E-state index in [0.717, 1.165) is 18.4 Å². The summed E-state index contributed by atoms with van der Waals surface area (Å²) in [6.07, 6.45) is -1.29. The Labute approximate surface area is 98.5 Å². The fourth-order valence-electron chi connectivity index (χ4n) is 2.59. The highest BCUT2D eigenvalue weighted by Gasteiger charge is 2.49. The van der Waals surface area contributed by atoms with E-state index < -0.39 is 6.29 Å². The summed E-state index contributed by atoms with van der Waals surface area (Å²) in [4.78, 5) is 0. The van der Waals surface area contributed by atoms with Gasteiger partial charge in [-0.3, -0.25) is 0 Å². The molecule has 1 aliphatic heterocycles. The van der Waals surface area contributed by atoms with Gasteiger partial charge in [0.1, 0.15) is 0 Å². The Bertz CT molecular complexity index is 464. The molecule has 0 aromatic heterocycles. The van der Waals surface area contributed by atoms with Crippen LogP contribution in [-0.4, -0.2) is 6.29 Å². The first-order valence-electron chi connectivity index (χ1n) is 5.83. The van der Waals surface area contributed by atoms with Crippen LogP contribution in [0.2, 0.25) is 0 Å². The van der Waals surface area contributed by atoms with Crippen LogP contribution in [0, 0.1) is 5.92 Å². The average molecular weight is 240 g/mol. The molecule has 1 fully saturated rings. The Hall–Kier alpha value is -1.32. The van der Waals surface area contributed by atoms with Gasteiger partial charge in [0.25, 0.3) is 0 Å². The van der Waals surface area contributed by atoms with Crippen LogP contribution in [-0.2, 0) is 5.41 Å². The van der Waals surface area contributed by atoms with Crippen molar-refractivity contribution in [3.05, 3.63) is 23.8 Å². The van der Waals surface area contributed by atoms with Gasteiger partial charge in [0.05, 0.1) is 0 Å². The highest BCUT2D eigenvalue weighted by Crippen LogP contribution is 2.55. The Morgan fingerprint density at radius 3 is 2.35 bits per heavy atom. The molecule has 0 unspecified atom stereocenters. The molecule has 0 radical (unpaired) electrons. The highest BCUT2D eigenvalue weighted by atomic mass is 19.3. The first-order chi connectivity index (χ1) is 7.93. The van der Waals surface area contributed by atoms with E-state index in [4.69, 9.17) is 0 Å². The van der Waals surface area contributed by atoms with Gasteiger partial charge < -0.3 is 9.47 Å². The van der Waals surface area contributed by atoms with E-state index in [1.54, 1.807) is 12.1 Å². The Morgan fingerprint density at radius 2 is 1.76 bits per heavy atom. The molecule has 92 valence electrons. The molecule has 0 spiro atoms. The van der Waals surface area contributed by atoms with Gasteiger partial charge in [-0.2, -0.15) is 0 Å². The number of ether oxygens (including phenoxy) is 2. The third-order valence-corrected chi connectivity index (χ3v) is 3.87. The number of halogens is 2. The zero-order chi connectivity index (χ0) is 12.3. The van der Waals surface area contributed by atoms with Gasteiger partial charge in [-0.15, -0.1) is 8.78 Å². The molecule has 3 rings (SSSR count). The van der Waals surface area contributed by atoms with Crippen LogP contribution in [0.5, 0.6) is 11.5 Å². The van der Waals surface area contributed by atoms with E-state index in [1.165, 1.54) is 0 Å². The van der Waals surface area contributed by atoms with Crippen molar-refractivity contribution in [3.8, 4) is 11.5 Å². The van der Waals surface area contributed by atoms with Gasteiger partial charge in [-0.25, -0.2) is 0 Å². The second kappa shape index (κ2) is 3.12. The van der Waals surface area contributed by atoms with E-state index in [0.29, 0.717) is 5.92 Å². The summed E-state index contributed by atoms with van der Waals surface area (Å²) in [7, 11) is 0. The maximum absolute atomic E-state index is 12.9. The minimum absolute atomic E-state index is 0.123. The van der Waals surface area contributed by atoms with Crippen molar-refractivity contribution < 1.29 is 18.3 Å². The molecule has 1 aromatic carbocycles. The van der Waals surface area contributed by atoms with Gasteiger partial charge in [-0.1, -0.05) is 19.9 Å². The van der Waals surface area contributed by atoms with Crippen LogP contribution in [0.25, 0.3) is 0 Å². The molecule has 1 aromatic rings. The lowest BCUT2D eigenvalue weighted by atomic mass is 9.85. The molecule has 4 heteroatoms. The van der Waals surface area contributed by atoms with Gasteiger partial charge >= 0.3 is 6.29 Å². The summed E-state index contributed by atoms with van der Waals surface area (Å²) in [5, 5.41) is 0. The van der Waals surface area contributed by atoms with Crippen LogP contribution in [0.3, 0.4) is 0 Å². The van der Waals surface area contributed by atoms with Gasteiger partial charge in [0, 0.05) is 0 Å². The fourth-order valence-corrected chi connectivity index (χ4v) is 2.59. The van der Waals surface area contributed by atoms with Crippen LogP contribution in [0.4, 0.5) is 8.78 Å². The number of benzene rings is 1. The fraction of sp³-hybridized carbons (Fsp3) is 0.538. The molecule has 1 heterocycles. The molecule has 0 atom stereocenters. The highest BCUT2D eigenvalue weighted by molar-refractivity contribution is 5.48. The van der Waals surface area contributed by atoms with Gasteiger partial charge in [0.2, 0.25) is 0 Å². The van der Waals surface area contributed by atoms with Crippen LogP contribution in [0.15, 0.2) is 18.2 Å². The average Bonchev–Trinajstić information content (AvgIpc) is 2.95. The van der Waals surface area contributed by atoms with Crippen molar-refractivity contribution >= 4 is 0 Å². The van der Waals surface area contributed by atoms with Crippen molar-refractivity contribution in [3.63, 3.8) is 0 Å². The van der Waals surface area contributed by atoms with Gasteiger partial charge in [-0.05, 0) is 41.9 Å². The predicted molar refractivity (Wildman–Crippen MR) is 58.4 cm³/mol. The molecule has 17 heavy (non-hydrogen) atoms. The maximum atomic E-state index is 12.9. The summed E-state index contributed by atoms with van der Waals surface area (Å²) in [6.45, 7) is 4.32. The van der Waals surface area contributed by atoms with E-state index >= 15 is 0 Å². The summed E-state index contributed by atoms with van der Waals surface area (Å²) in [5.74, 6) is 0.779. The predicted octanol–water partition coefficient (Wildman–Crippen LogP) is 3.70. The minimum atomic E-state index is -3.52. The Morgan fingerprint density at radius 1 is 1.12 bits per heavy atom. The zero-order valence-corrected chi connectivity index (χ0v) is 9.80. The molecule has 2 nitrogen and oxygen atoms in total. The molecule has 0 amide bonds. The van der Waals surface area contributed by atoms with Crippen LogP contribution >= 0.6 is 0 Å². The monoisotopic (exact) mass is 240 g/mol. The normalized spacial score (nSPS) is 22.9. The molecule has 0 N–H and O–H groups in total. The quantitative estimate of drug-likeness (QED) is 0.784. The molecule has 0 bridgehead atoms. The van der Waals surface area contributed by atoms with E-state index in [2.05, 4.69) is 23.3 Å². The van der Waals surface area contributed by atoms with Crippen molar-refractivity contribution in [2.75, 3.05) is 0 Å². The van der Waals surface area contributed by atoms with Crippen molar-refractivity contribution in [2.24, 2.45) is 5.92 Å². The number of hydrogen-bond donors (Lipinski definition) is 0. The number of rotatable bonds is 2. The maximum Gasteiger partial charge on any atom is 0.586 e. The largest absolute Gasteiger partial charge is 0.586 e. The topological polar surface area (TPSA) is 18.5 Å². The van der Waals surface area contributed by atoms with E-state index in [1.807, 2.05) is 6.07 Å². The Balaban J connectivity index is 1.97. The lowest BCUT2D eigenvalue weighted by Gasteiger charge is -2.20. The third-order valence-electron chi connectivity index (χ3n) is 3.87. The number of hydrogen-bond acceptors (Lipinski definition) is 2. The number of fused-ring (bicyclic) bond motifs is 1.